The van der Waals surface area contributed by atoms with Crippen LogP contribution in [0.15, 0.2) is 285 Å². The third kappa shape index (κ3) is 6.83. The summed E-state index contributed by atoms with van der Waals surface area (Å²) in [6.07, 6.45) is 0. The Hall–Kier alpha value is -9.96. The molecule has 3 heteroatoms. The minimum absolute atomic E-state index is 1.12. The molecule has 0 atom stereocenters. The van der Waals surface area contributed by atoms with Crippen LogP contribution in [0.2, 0.25) is 0 Å². The predicted octanol–water partition coefficient (Wildman–Crippen LogP) is 19.3. The summed E-state index contributed by atoms with van der Waals surface area (Å²) in [5, 5.41) is 7.32. The van der Waals surface area contributed by atoms with Gasteiger partial charge in [0.25, 0.3) is 0 Å². The number of aromatic nitrogens is 3. The molecule has 0 aliphatic rings. The van der Waals surface area contributed by atoms with Crippen LogP contribution in [0.4, 0.5) is 0 Å². The lowest BCUT2D eigenvalue weighted by Crippen LogP contribution is -2.01. The summed E-state index contributed by atoms with van der Waals surface area (Å²) in [4.78, 5) is 0. The van der Waals surface area contributed by atoms with Crippen LogP contribution in [0.25, 0.3) is 138 Å². The number of fused-ring (bicyclic) bond motifs is 10. The lowest BCUT2D eigenvalue weighted by atomic mass is 9.95. The van der Waals surface area contributed by atoms with Gasteiger partial charge < -0.3 is 13.7 Å². The van der Waals surface area contributed by atoms with E-state index in [1.807, 2.05) is 0 Å². The molecule has 0 saturated heterocycles. The highest BCUT2D eigenvalue weighted by Gasteiger charge is 2.25. The van der Waals surface area contributed by atoms with Gasteiger partial charge in [-0.2, -0.15) is 0 Å². The molecule has 12 aromatic carbocycles. The molecular weight excluding hydrogens is 907 g/mol. The Morgan fingerprint density at radius 1 is 0.213 bits per heavy atom. The largest absolute Gasteiger partial charge is 0.309 e. The number of benzene rings is 12. The highest BCUT2D eigenvalue weighted by Crippen LogP contribution is 2.46. The van der Waals surface area contributed by atoms with E-state index in [4.69, 9.17) is 0 Å². The molecular formula is C72H47N3. The van der Waals surface area contributed by atoms with Crippen molar-refractivity contribution in [2.45, 2.75) is 0 Å². The van der Waals surface area contributed by atoms with Gasteiger partial charge in [0.2, 0.25) is 0 Å². The summed E-state index contributed by atoms with van der Waals surface area (Å²) in [6, 6.07) is 105. The Labute approximate surface area is 434 Å². The molecule has 3 heterocycles. The summed E-state index contributed by atoms with van der Waals surface area (Å²) >= 11 is 0. The first-order chi connectivity index (χ1) is 37.2. The van der Waals surface area contributed by atoms with Gasteiger partial charge in [0.05, 0.1) is 44.5 Å². The second-order valence-corrected chi connectivity index (χ2v) is 19.6. The maximum Gasteiger partial charge on any atom is 0.0641 e. The molecule has 0 N–H and O–H groups in total. The number of nitrogens with zero attached hydrogens (tertiary/aromatic N) is 3. The van der Waals surface area contributed by atoms with E-state index in [1.54, 1.807) is 0 Å². The second kappa shape index (κ2) is 17.4. The fraction of sp³-hybridized carbons (Fsp3) is 0. The maximum absolute atomic E-state index is 2.52. The van der Waals surface area contributed by atoms with E-state index < -0.39 is 0 Å². The predicted molar refractivity (Wildman–Crippen MR) is 317 cm³/mol. The standard InChI is InChI=1S/C72H47N3/c1-5-21-48(22-6-1)52-29-19-30-55(45-52)73-65-37-17-15-33-60(65)62-42-44-68-70(72(62)73)63-46-53(49-23-7-2-8-24-49)40-43-67(63)74(68)64-36-16-13-31-56(64)54-39-41-61-59-32-14-18-38-66(59)75(69(61)47-54)71-57(50-25-9-3-10-26-50)34-20-35-58(71)51-27-11-4-12-28-51/h1-47H. The van der Waals surface area contributed by atoms with Gasteiger partial charge in [0.15, 0.2) is 0 Å². The van der Waals surface area contributed by atoms with Crippen molar-refractivity contribution in [3.8, 4) is 72.7 Å². The van der Waals surface area contributed by atoms with Crippen LogP contribution in [0.5, 0.6) is 0 Å². The molecule has 3 aromatic heterocycles. The fourth-order valence-corrected chi connectivity index (χ4v) is 12.1. The van der Waals surface area contributed by atoms with Crippen LogP contribution in [0.3, 0.4) is 0 Å². The Morgan fingerprint density at radius 2 is 0.680 bits per heavy atom. The van der Waals surface area contributed by atoms with E-state index in [2.05, 4.69) is 299 Å². The number of rotatable bonds is 8. The molecule has 0 radical (unpaired) electrons. The summed E-state index contributed by atoms with van der Waals surface area (Å²) in [5.41, 5.74) is 22.2. The van der Waals surface area contributed by atoms with Gasteiger partial charge in [0.1, 0.15) is 0 Å². The van der Waals surface area contributed by atoms with Crippen LogP contribution in [0.1, 0.15) is 0 Å². The van der Waals surface area contributed by atoms with Gasteiger partial charge in [-0.25, -0.2) is 0 Å². The van der Waals surface area contributed by atoms with Crippen molar-refractivity contribution in [2.24, 2.45) is 0 Å². The average Bonchev–Trinajstić information content (AvgIpc) is 4.26. The van der Waals surface area contributed by atoms with E-state index in [0.29, 0.717) is 0 Å². The zero-order chi connectivity index (χ0) is 49.4. The quantitative estimate of drug-likeness (QED) is 0.144. The molecule has 0 aliphatic carbocycles. The molecule has 0 amide bonds. The van der Waals surface area contributed by atoms with Crippen molar-refractivity contribution in [1.29, 1.82) is 0 Å². The van der Waals surface area contributed by atoms with E-state index in [0.717, 1.165) is 44.7 Å². The lowest BCUT2D eigenvalue weighted by molar-refractivity contribution is 1.17. The molecule has 15 rings (SSSR count). The SMILES string of the molecule is c1ccc(-c2cccc(-n3c4ccccc4c4ccc5c(c6cc(-c7ccccc7)ccc6n5-c5ccccc5-c5ccc6c7ccccc7n(-c7c(-c8ccccc8)cccc7-c7ccccc7)c6c5)c43)c2)cc1. The molecule has 15 aromatic rings. The molecule has 0 saturated carbocycles. The first-order valence-electron chi connectivity index (χ1n) is 25.8. The summed E-state index contributed by atoms with van der Waals surface area (Å²) in [5.74, 6) is 0. The van der Waals surface area contributed by atoms with Crippen LogP contribution in [-0.4, -0.2) is 13.7 Å². The third-order valence-electron chi connectivity index (χ3n) is 15.4. The molecule has 75 heavy (non-hydrogen) atoms. The number of hydrogen-bond acceptors (Lipinski definition) is 0. The van der Waals surface area contributed by atoms with Crippen molar-refractivity contribution in [1.82, 2.24) is 13.7 Å². The zero-order valence-corrected chi connectivity index (χ0v) is 41.0. The van der Waals surface area contributed by atoms with Crippen LogP contribution >= 0.6 is 0 Å². The second-order valence-electron chi connectivity index (χ2n) is 19.6. The van der Waals surface area contributed by atoms with Crippen molar-refractivity contribution >= 4 is 65.4 Å². The molecule has 0 bridgehead atoms. The van der Waals surface area contributed by atoms with Crippen LogP contribution in [-0.2, 0) is 0 Å². The zero-order valence-electron chi connectivity index (χ0n) is 41.0. The average molecular weight is 954 g/mol. The first-order valence-corrected chi connectivity index (χ1v) is 25.8. The topological polar surface area (TPSA) is 14.8 Å². The van der Waals surface area contributed by atoms with E-state index in [-0.39, 0.29) is 0 Å². The fourth-order valence-electron chi connectivity index (χ4n) is 12.1. The maximum atomic E-state index is 2.52. The van der Waals surface area contributed by atoms with Crippen molar-refractivity contribution < 1.29 is 0 Å². The minimum atomic E-state index is 1.12. The number of para-hydroxylation sites is 4. The third-order valence-corrected chi connectivity index (χ3v) is 15.4. The van der Waals surface area contributed by atoms with Gasteiger partial charge in [-0.1, -0.05) is 231 Å². The Balaban J connectivity index is 1.01. The Morgan fingerprint density at radius 3 is 1.36 bits per heavy atom. The van der Waals surface area contributed by atoms with Crippen molar-refractivity contribution in [2.75, 3.05) is 0 Å². The minimum Gasteiger partial charge on any atom is -0.309 e. The first kappa shape index (κ1) is 42.7. The Kier molecular flexibility index (Phi) is 9.89. The van der Waals surface area contributed by atoms with E-state index in [9.17, 15) is 0 Å². The molecule has 350 valence electrons. The Bertz CT molecular complexity index is 4620. The van der Waals surface area contributed by atoms with Crippen molar-refractivity contribution in [3.63, 3.8) is 0 Å². The van der Waals surface area contributed by atoms with Crippen molar-refractivity contribution in [3.05, 3.63) is 285 Å². The van der Waals surface area contributed by atoms with E-state index >= 15 is 0 Å². The smallest absolute Gasteiger partial charge is 0.0641 e. The van der Waals surface area contributed by atoms with Gasteiger partial charge in [-0.3, -0.25) is 0 Å². The molecule has 0 aliphatic heterocycles. The molecule has 0 fully saturated rings. The van der Waals surface area contributed by atoms with Gasteiger partial charge in [-0.15, -0.1) is 0 Å². The molecule has 0 spiro atoms. The summed E-state index contributed by atoms with van der Waals surface area (Å²) in [7, 11) is 0. The summed E-state index contributed by atoms with van der Waals surface area (Å²) < 4.78 is 7.55. The van der Waals surface area contributed by atoms with E-state index in [1.165, 1.54) is 93.4 Å². The van der Waals surface area contributed by atoms with Gasteiger partial charge in [-0.05, 0) is 93.5 Å². The summed E-state index contributed by atoms with van der Waals surface area (Å²) in [6.45, 7) is 0. The molecule has 3 nitrogen and oxygen atoms in total. The highest BCUT2D eigenvalue weighted by molar-refractivity contribution is 6.27. The van der Waals surface area contributed by atoms with Crippen LogP contribution in [0, 0.1) is 0 Å². The lowest BCUT2D eigenvalue weighted by Gasteiger charge is -2.19. The molecule has 0 unspecified atom stereocenters. The van der Waals surface area contributed by atoms with Gasteiger partial charge in [0, 0.05) is 54.7 Å². The van der Waals surface area contributed by atoms with Gasteiger partial charge >= 0.3 is 0 Å². The number of hydrogen-bond donors (Lipinski definition) is 0. The highest BCUT2D eigenvalue weighted by atomic mass is 15.0. The monoisotopic (exact) mass is 953 g/mol. The van der Waals surface area contributed by atoms with Crippen LogP contribution < -0.4 is 0 Å². The normalized spacial score (nSPS) is 11.7.